The molecule has 0 aliphatic heterocycles. The number of rotatable bonds is 8. The molecule has 144 valence electrons. The van der Waals surface area contributed by atoms with Gasteiger partial charge in [-0.2, -0.15) is 0 Å². The van der Waals surface area contributed by atoms with Gasteiger partial charge in [-0.3, -0.25) is 0 Å². The second kappa shape index (κ2) is 10.5. The molecule has 28 heavy (non-hydrogen) atoms. The van der Waals surface area contributed by atoms with Gasteiger partial charge in [0.1, 0.15) is 12.4 Å². The number of ether oxygens (including phenoxy) is 1. The van der Waals surface area contributed by atoms with Gasteiger partial charge < -0.3 is 15.0 Å². The van der Waals surface area contributed by atoms with Crippen molar-refractivity contribution in [1.29, 1.82) is 0 Å². The van der Waals surface area contributed by atoms with Crippen LogP contribution in [0.25, 0.3) is 0 Å². The third-order valence-corrected chi connectivity index (χ3v) is 4.90. The summed E-state index contributed by atoms with van der Waals surface area (Å²) in [6.07, 6.45) is 0. The molecular weight excluding hydrogens is 364 g/mol. The van der Waals surface area contributed by atoms with Gasteiger partial charge in [0.25, 0.3) is 0 Å². The van der Waals surface area contributed by atoms with Crippen LogP contribution in [0.3, 0.4) is 0 Å². The van der Waals surface area contributed by atoms with E-state index in [0.29, 0.717) is 6.61 Å². The maximum absolute atomic E-state index is 5.86. The first-order chi connectivity index (χ1) is 13.7. The summed E-state index contributed by atoms with van der Waals surface area (Å²) in [4.78, 5) is 2.16. The van der Waals surface area contributed by atoms with Crippen LogP contribution in [0.5, 0.6) is 5.75 Å². The molecule has 0 saturated carbocycles. The smallest absolute Gasteiger partial charge is 0.169 e. The van der Waals surface area contributed by atoms with Crippen molar-refractivity contribution in [3.05, 3.63) is 102 Å². The van der Waals surface area contributed by atoms with Gasteiger partial charge in [-0.1, -0.05) is 72.8 Å². The van der Waals surface area contributed by atoms with Crippen molar-refractivity contribution in [2.45, 2.75) is 26.6 Å². The highest BCUT2D eigenvalue weighted by molar-refractivity contribution is 7.80. The minimum absolute atomic E-state index is 0.578. The van der Waals surface area contributed by atoms with Gasteiger partial charge in [-0.15, -0.1) is 0 Å². The second-order valence-electron chi connectivity index (χ2n) is 6.58. The number of hydrogen-bond donors (Lipinski definition) is 1. The van der Waals surface area contributed by atoms with E-state index in [1.807, 2.05) is 48.5 Å². The van der Waals surface area contributed by atoms with Crippen molar-refractivity contribution in [3.8, 4) is 5.75 Å². The Morgan fingerprint density at radius 1 is 0.821 bits per heavy atom. The quantitative estimate of drug-likeness (QED) is 0.537. The molecule has 3 aromatic rings. The average molecular weight is 391 g/mol. The summed E-state index contributed by atoms with van der Waals surface area (Å²) in [5.74, 6) is 0.875. The highest BCUT2D eigenvalue weighted by Gasteiger charge is 2.08. The van der Waals surface area contributed by atoms with Gasteiger partial charge in [0.05, 0.1) is 0 Å². The van der Waals surface area contributed by atoms with Crippen LogP contribution in [-0.2, 0) is 19.7 Å². The normalized spacial score (nSPS) is 10.3. The fourth-order valence-electron chi connectivity index (χ4n) is 2.86. The molecule has 0 radical (unpaired) electrons. The first-order valence-electron chi connectivity index (χ1n) is 9.57. The van der Waals surface area contributed by atoms with Crippen LogP contribution in [-0.4, -0.2) is 16.6 Å². The molecule has 0 atom stereocenters. The Kier molecular flexibility index (Phi) is 7.44. The van der Waals surface area contributed by atoms with Crippen molar-refractivity contribution >= 4 is 17.3 Å². The molecule has 0 bridgehead atoms. The van der Waals surface area contributed by atoms with E-state index in [9.17, 15) is 0 Å². The predicted molar refractivity (Wildman–Crippen MR) is 119 cm³/mol. The van der Waals surface area contributed by atoms with Gasteiger partial charge in [-0.25, -0.2) is 0 Å². The zero-order chi connectivity index (χ0) is 19.6. The molecule has 3 nitrogen and oxygen atoms in total. The standard InChI is InChI=1S/C24H26N2OS/c1-2-26(24(28)25-17-20-9-5-3-6-10-20)18-21-13-15-23(16-14-21)27-19-22-11-7-4-8-12-22/h3-16H,2,17-19H2,1H3,(H,25,28). The molecule has 0 aliphatic rings. The van der Waals surface area contributed by atoms with Gasteiger partial charge in [0.2, 0.25) is 0 Å². The molecule has 0 amide bonds. The fraction of sp³-hybridized carbons (Fsp3) is 0.208. The highest BCUT2D eigenvalue weighted by Crippen LogP contribution is 2.15. The van der Waals surface area contributed by atoms with Crippen molar-refractivity contribution in [3.63, 3.8) is 0 Å². The van der Waals surface area contributed by atoms with Crippen LogP contribution in [0.15, 0.2) is 84.9 Å². The van der Waals surface area contributed by atoms with Crippen LogP contribution in [0.2, 0.25) is 0 Å². The van der Waals surface area contributed by atoms with Crippen molar-refractivity contribution in [1.82, 2.24) is 10.2 Å². The minimum atomic E-state index is 0.578. The van der Waals surface area contributed by atoms with Crippen molar-refractivity contribution in [2.24, 2.45) is 0 Å². The second-order valence-corrected chi connectivity index (χ2v) is 6.96. The molecule has 3 rings (SSSR count). The number of nitrogens with zero attached hydrogens (tertiary/aromatic N) is 1. The van der Waals surface area contributed by atoms with E-state index < -0.39 is 0 Å². The Morgan fingerprint density at radius 2 is 1.43 bits per heavy atom. The van der Waals surface area contributed by atoms with E-state index >= 15 is 0 Å². The minimum Gasteiger partial charge on any atom is -0.489 e. The molecule has 4 heteroatoms. The zero-order valence-electron chi connectivity index (χ0n) is 16.2. The SMILES string of the molecule is CCN(Cc1ccc(OCc2ccccc2)cc1)C(=S)NCc1ccccc1. The molecule has 1 N–H and O–H groups in total. The molecule has 0 saturated heterocycles. The van der Waals surface area contributed by atoms with Gasteiger partial charge in [0, 0.05) is 19.6 Å². The summed E-state index contributed by atoms with van der Waals surface area (Å²) in [5.41, 5.74) is 3.59. The van der Waals surface area contributed by atoms with E-state index in [1.54, 1.807) is 0 Å². The van der Waals surface area contributed by atoms with Crippen LogP contribution >= 0.6 is 12.2 Å². The molecule has 0 aliphatic carbocycles. The Labute approximate surface area is 173 Å². The molecular formula is C24H26N2OS. The Bertz CT molecular complexity index is 851. The number of benzene rings is 3. The summed E-state index contributed by atoms with van der Waals surface area (Å²) in [5, 5.41) is 4.13. The molecule has 0 aromatic heterocycles. The van der Waals surface area contributed by atoms with E-state index in [-0.39, 0.29) is 0 Å². The molecule has 0 unspecified atom stereocenters. The van der Waals surface area contributed by atoms with Crippen LogP contribution in [0.1, 0.15) is 23.6 Å². The summed E-state index contributed by atoms with van der Waals surface area (Å²) < 4.78 is 5.86. The third kappa shape index (κ3) is 6.10. The first-order valence-corrected chi connectivity index (χ1v) is 9.98. The van der Waals surface area contributed by atoms with Crippen molar-refractivity contribution in [2.75, 3.05) is 6.54 Å². The Hall–Kier alpha value is -2.85. The summed E-state index contributed by atoms with van der Waals surface area (Å²) in [6.45, 7) is 5.06. The number of nitrogens with one attached hydrogen (secondary N) is 1. The van der Waals surface area contributed by atoms with Gasteiger partial charge >= 0.3 is 0 Å². The molecule has 0 heterocycles. The van der Waals surface area contributed by atoms with E-state index in [1.165, 1.54) is 16.7 Å². The van der Waals surface area contributed by atoms with E-state index in [4.69, 9.17) is 17.0 Å². The lowest BCUT2D eigenvalue weighted by molar-refractivity contribution is 0.306. The highest BCUT2D eigenvalue weighted by atomic mass is 32.1. The summed E-state index contributed by atoms with van der Waals surface area (Å²) >= 11 is 5.58. The summed E-state index contributed by atoms with van der Waals surface area (Å²) in [7, 11) is 0. The maximum Gasteiger partial charge on any atom is 0.169 e. The fourth-order valence-corrected chi connectivity index (χ4v) is 3.13. The Balaban J connectivity index is 1.50. The van der Waals surface area contributed by atoms with Crippen LogP contribution in [0.4, 0.5) is 0 Å². The van der Waals surface area contributed by atoms with E-state index in [2.05, 4.69) is 53.5 Å². The lowest BCUT2D eigenvalue weighted by atomic mass is 10.2. The molecule has 3 aromatic carbocycles. The monoisotopic (exact) mass is 390 g/mol. The van der Waals surface area contributed by atoms with Gasteiger partial charge in [-0.05, 0) is 48.0 Å². The first kappa shape index (κ1) is 19.9. The lowest BCUT2D eigenvalue weighted by Crippen LogP contribution is -2.38. The van der Waals surface area contributed by atoms with Crippen molar-refractivity contribution < 1.29 is 4.74 Å². The lowest BCUT2D eigenvalue weighted by Gasteiger charge is -2.24. The number of hydrogen-bond acceptors (Lipinski definition) is 2. The predicted octanol–water partition coefficient (Wildman–Crippen LogP) is 5.16. The van der Waals surface area contributed by atoms with E-state index in [0.717, 1.165) is 30.5 Å². The summed E-state index contributed by atoms with van der Waals surface area (Å²) in [6, 6.07) is 28.7. The molecule has 0 fully saturated rings. The topological polar surface area (TPSA) is 24.5 Å². The molecule has 0 spiro atoms. The van der Waals surface area contributed by atoms with Crippen LogP contribution < -0.4 is 10.1 Å². The van der Waals surface area contributed by atoms with Crippen LogP contribution in [0, 0.1) is 0 Å². The third-order valence-electron chi connectivity index (χ3n) is 4.50. The van der Waals surface area contributed by atoms with Gasteiger partial charge in [0.15, 0.2) is 5.11 Å². The Morgan fingerprint density at radius 3 is 2.04 bits per heavy atom. The number of thiocarbonyl (C=S) groups is 1. The maximum atomic E-state index is 5.86. The zero-order valence-corrected chi connectivity index (χ0v) is 17.0. The average Bonchev–Trinajstić information content (AvgIpc) is 2.76. The largest absolute Gasteiger partial charge is 0.489 e.